The molecule has 0 unspecified atom stereocenters. The minimum atomic E-state index is -0.519. The van der Waals surface area contributed by atoms with Gasteiger partial charge in [-0.1, -0.05) is 12.1 Å². The summed E-state index contributed by atoms with van der Waals surface area (Å²) in [5, 5.41) is 9.12. The van der Waals surface area contributed by atoms with E-state index in [4.69, 9.17) is 5.11 Å². The maximum Gasteiger partial charge on any atom is 0.126 e. The van der Waals surface area contributed by atoms with E-state index in [1.807, 2.05) is 0 Å². The Labute approximate surface area is 65.5 Å². The first-order valence-electron chi connectivity index (χ1n) is 3.55. The molecule has 0 aliphatic rings. The third-order valence-electron chi connectivity index (χ3n) is 1.66. The van der Waals surface area contributed by atoms with Gasteiger partial charge in [-0.2, -0.15) is 0 Å². The third-order valence-corrected chi connectivity index (χ3v) is 1.66. The molecule has 1 N–H and O–H groups in total. The Morgan fingerprint density at radius 2 is 2.09 bits per heavy atom. The molecule has 60 valence electrons. The van der Waals surface area contributed by atoms with Gasteiger partial charge in [-0.15, -0.1) is 0 Å². The summed E-state index contributed by atoms with van der Waals surface area (Å²) in [6.45, 7) is 3.34. The molecule has 1 aromatic rings. The third kappa shape index (κ3) is 1.77. The molecule has 0 aliphatic heterocycles. The number of aliphatic hydroxyl groups is 1. The van der Waals surface area contributed by atoms with Crippen LogP contribution in [0.15, 0.2) is 18.2 Å². The van der Waals surface area contributed by atoms with E-state index in [1.165, 1.54) is 6.07 Å². The minimum absolute atomic E-state index is 0.227. The molecule has 0 aromatic heterocycles. The van der Waals surface area contributed by atoms with Gasteiger partial charge in [0.25, 0.3) is 0 Å². The molecule has 0 saturated carbocycles. The van der Waals surface area contributed by atoms with Gasteiger partial charge < -0.3 is 5.11 Å². The first-order chi connectivity index (χ1) is 5.11. The Kier molecular flexibility index (Phi) is 2.25. The summed E-state index contributed by atoms with van der Waals surface area (Å²) < 4.78 is 12.7. The molecule has 1 rings (SSSR count). The van der Waals surface area contributed by atoms with Crippen LogP contribution in [0.5, 0.6) is 0 Å². The van der Waals surface area contributed by atoms with Crippen molar-refractivity contribution in [3.63, 3.8) is 0 Å². The molecular weight excluding hydrogens is 143 g/mol. The Morgan fingerprint density at radius 3 is 2.55 bits per heavy atom. The fraction of sp³-hybridized carbons (Fsp3) is 0.333. The molecule has 0 heterocycles. The first kappa shape index (κ1) is 8.21. The van der Waals surface area contributed by atoms with E-state index in [0.717, 1.165) is 5.56 Å². The Bertz CT molecular complexity index is 256. The lowest BCUT2D eigenvalue weighted by Crippen LogP contribution is -1.92. The van der Waals surface area contributed by atoms with E-state index in [0.29, 0.717) is 5.56 Å². The molecule has 0 spiro atoms. The van der Waals surface area contributed by atoms with Crippen LogP contribution in [-0.4, -0.2) is 5.11 Å². The molecule has 1 aromatic carbocycles. The Morgan fingerprint density at radius 1 is 1.45 bits per heavy atom. The lowest BCUT2D eigenvalue weighted by Gasteiger charge is -2.05. The number of halogens is 1. The van der Waals surface area contributed by atoms with Gasteiger partial charge in [0.15, 0.2) is 0 Å². The van der Waals surface area contributed by atoms with Gasteiger partial charge in [0.2, 0.25) is 0 Å². The number of aliphatic hydroxyl groups excluding tert-OH is 1. The second-order valence-corrected chi connectivity index (χ2v) is 2.68. The predicted molar refractivity (Wildman–Crippen MR) is 41.8 cm³/mol. The fourth-order valence-corrected chi connectivity index (χ4v) is 0.928. The van der Waals surface area contributed by atoms with Crippen molar-refractivity contribution >= 4 is 0 Å². The van der Waals surface area contributed by atoms with Gasteiger partial charge in [0, 0.05) is 0 Å². The molecule has 0 fully saturated rings. The van der Waals surface area contributed by atoms with Crippen molar-refractivity contribution in [1.82, 2.24) is 0 Å². The lowest BCUT2D eigenvalue weighted by molar-refractivity contribution is 0.199. The zero-order chi connectivity index (χ0) is 8.43. The first-order valence-corrected chi connectivity index (χ1v) is 3.55. The largest absolute Gasteiger partial charge is 0.389 e. The van der Waals surface area contributed by atoms with E-state index in [2.05, 4.69) is 0 Å². The van der Waals surface area contributed by atoms with E-state index >= 15 is 0 Å². The molecule has 2 heteroatoms. The highest BCUT2D eigenvalue weighted by atomic mass is 19.1. The second kappa shape index (κ2) is 3.01. The number of rotatable bonds is 1. The topological polar surface area (TPSA) is 20.2 Å². The van der Waals surface area contributed by atoms with Gasteiger partial charge in [0.05, 0.1) is 6.10 Å². The number of hydrogen-bond donors (Lipinski definition) is 1. The molecule has 0 aliphatic carbocycles. The highest BCUT2D eigenvalue weighted by molar-refractivity contribution is 5.25. The minimum Gasteiger partial charge on any atom is -0.389 e. The average molecular weight is 154 g/mol. The van der Waals surface area contributed by atoms with Gasteiger partial charge in [-0.25, -0.2) is 4.39 Å². The van der Waals surface area contributed by atoms with E-state index in [1.54, 1.807) is 26.0 Å². The summed E-state index contributed by atoms with van der Waals surface area (Å²) >= 11 is 0. The monoisotopic (exact) mass is 154 g/mol. The molecule has 1 nitrogen and oxygen atoms in total. The highest BCUT2D eigenvalue weighted by Gasteiger charge is 2.02. The lowest BCUT2D eigenvalue weighted by atomic mass is 10.1. The van der Waals surface area contributed by atoms with Crippen molar-refractivity contribution in [1.29, 1.82) is 0 Å². The maximum atomic E-state index is 12.7. The summed E-state index contributed by atoms with van der Waals surface area (Å²) in [5.74, 6) is -0.227. The average Bonchev–Trinajstić information content (AvgIpc) is 1.94. The molecular formula is C9H11FO. The van der Waals surface area contributed by atoms with E-state index in [9.17, 15) is 4.39 Å². The van der Waals surface area contributed by atoms with Crippen molar-refractivity contribution in [3.05, 3.63) is 35.1 Å². The smallest absolute Gasteiger partial charge is 0.126 e. The van der Waals surface area contributed by atoms with Crippen LogP contribution in [-0.2, 0) is 0 Å². The molecule has 11 heavy (non-hydrogen) atoms. The summed E-state index contributed by atoms with van der Waals surface area (Å²) in [7, 11) is 0. The van der Waals surface area contributed by atoms with Crippen LogP contribution >= 0.6 is 0 Å². The van der Waals surface area contributed by atoms with Gasteiger partial charge in [-0.3, -0.25) is 0 Å². The van der Waals surface area contributed by atoms with Crippen LogP contribution in [0.3, 0.4) is 0 Å². The fourth-order valence-electron chi connectivity index (χ4n) is 0.928. The van der Waals surface area contributed by atoms with Crippen LogP contribution < -0.4 is 0 Å². The van der Waals surface area contributed by atoms with Crippen LogP contribution in [0.1, 0.15) is 24.2 Å². The number of benzene rings is 1. The van der Waals surface area contributed by atoms with Crippen LogP contribution in [0.4, 0.5) is 4.39 Å². The van der Waals surface area contributed by atoms with Gasteiger partial charge in [0.1, 0.15) is 5.82 Å². The maximum absolute atomic E-state index is 12.7. The van der Waals surface area contributed by atoms with Crippen LogP contribution in [0.2, 0.25) is 0 Å². The second-order valence-electron chi connectivity index (χ2n) is 2.68. The molecule has 0 bridgehead atoms. The van der Waals surface area contributed by atoms with Crippen LogP contribution in [0.25, 0.3) is 0 Å². The standard InChI is InChI=1S/C9H11FO/c1-6-5-8(7(2)11)3-4-9(6)10/h3-5,7,11H,1-2H3/t7-/m1/s1. The van der Waals surface area contributed by atoms with Crippen molar-refractivity contribution < 1.29 is 9.50 Å². The SMILES string of the molecule is Cc1cc([C@@H](C)O)ccc1F. The predicted octanol–water partition coefficient (Wildman–Crippen LogP) is 2.19. The summed E-state index contributed by atoms with van der Waals surface area (Å²) in [4.78, 5) is 0. The normalized spacial score (nSPS) is 13.1. The number of aryl methyl sites for hydroxylation is 1. The zero-order valence-electron chi connectivity index (χ0n) is 6.63. The molecule has 0 saturated heterocycles. The summed E-state index contributed by atoms with van der Waals surface area (Å²) in [6, 6.07) is 4.62. The van der Waals surface area contributed by atoms with Crippen molar-refractivity contribution in [2.24, 2.45) is 0 Å². The Hall–Kier alpha value is -0.890. The van der Waals surface area contributed by atoms with Gasteiger partial charge >= 0.3 is 0 Å². The van der Waals surface area contributed by atoms with E-state index < -0.39 is 6.10 Å². The molecule has 0 radical (unpaired) electrons. The van der Waals surface area contributed by atoms with Crippen molar-refractivity contribution in [2.75, 3.05) is 0 Å². The Balaban J connectivity index is 3.05. The molecule has 0 amide bonds. The highest BCUT2D eigenvalue weighted by Crippen LogP contribution is 2.15. The van der Waals surface area contributed by atoms with Crippen molar-refractivity contribution in [3.8, 4) is 0 Å². The van der Waals surface area contributed by atoms with E-state index in [-0.39, 0.29) is 5.82 Å². The van der Waals surface area contributed by atoms with Crippen LogP contribution in [0, 0.1) is 12.7 Å². The van der Waals surface area contributed by atoms with Gasteiger partial charge in [-0.05, 0) is 31.0 Å². The zero-order valence-corrected chi connectivity index (χ0v) is 6.63. The quantitative estimate of drug-likeness (QED) is 0.657. The summed E-state index contributed by atoms with van der Waals surface area (Å²) in [5.41, 5.74) is 1.33. The summed E-state index contributed by atoms with van der Waals surface area (Å²) in [6.07, 6.45) is -0.519. The number of hydrogen-bond acceptors (Lipinski definition) is 1. The van der Waals surface area contributed by atoms with Crippen molar-refractivity contribution in [2.45, 2.75) is 20.0 Å². The molecule has 1 atom stereocenters.